The second-order valence-electron chi connectivity index (χ2n) is 5.96. The van der Waals surface area contributed by atoms with Crippen LogP contribution in [0, 0.1) is 5.82 Å². The lowest BCUT2D eigenvalue weighted by Crippen LogP contribution is -2.12. The van der Waals surface area contributed by atoms with Crippen LogP contribution in [0.3, 0.4) is 0 Å². The van der Waals surface area contributed by atoms with E-state index in [-0.39, 0.29) is 11.7 Å². The third-order valence-electron chi connectivity index (χ3n) is 4.08. The molecule has 3 aromatic carbocycles. The van der Waals surface area contributed by atoms with Crippen molar-refractivity contribution < 1.29 is 9.18 Å². The molecule has 0 saturated heterocycles. The maximum Gasteiger partial charge on any atom is 0.256 e. The lowest BCUT2D eigenvalue weighted by Gasteiger charge is -2.05. The number of carbonyl (C=O) groups is 1. The molecule has 0 aliphatic rings. The maximum atomic E-state index is 13.4. The molecule has 1 heterocycles. The molecule has 27 heavy (non-hydrogen) atoms. The molecule has 4 aromatic rings. The molecule has 0 radical (unpaired) electrons. The molecule has 0 aliphatic carbocycles. The van der Waals surface area contributed by atoms with E-state index in [0.717, 1.165) is 22.0 Å². The zero-order chi connectivity index (χ0) is 19.0. The molecule has 0 unspecified atom stereocenters. The average Bonchev–Trinajstić information content (AvgIpc) is 3.03. The number of aromatic nitrogens is 2. The predicted molar refractivity (Wildman–Crippen MR) is 106 cm³/mol. The summed E-state index contributed by atoms with van der Waals surface area (Å²) < 4.78 is 13.4. The van der Waals surface area contributed by atoms with Gasteiger partial charge in [-0.1, -0.05) is 41.4 Å². The Kier molecular flexibility index (Phi) is 4.56. The zero-order valence-corrected chi connectivity index (χ0v) is 15.3. The van der Waals surface area contributed by atoms with E-state index in [0.29, 0.717) is 21.4 Å². The number of anilines is 1. The first-order chi connectivity index (χ1) is 13.0. The fraction of sp³-hybridized carbons (Fsp3) is 0. The molecule has 0 saturated carbocycles. The topological polar surface area (TPSA) is 57.8 Å². The number of H-pyrrole nitrogens is 1. The first-order valence-electron chi connectivity index (χ1n) is 8.01. The van der Waals surface area contributed by atoms with Crippen LogP contribution in [-0.2, 0) is 0 Å². The van der Waals surface area contributed by atoms with Crippen molar-refractivity contribution in [3.8, 4) is 11.1 Å². The third kappa shape index (κ3) is 3.65. The van der Waals surface area contributed by atoms with E-state index in [9.17, 15) is 9.18 Å². The second-order valence-corrected chi connectivity index (χ2v) is 6.83. The molecular weight excluding hydrogens is 388 g/mol. The van der Waals surface area contributed by atoms with Crippen LogP contribution in [0.2, 0.25) is 10.0 Å². The summed E-state index contributed by atoms with van der Waals surface area (Å²) in [5, 5.41) is 11.3. The lowest BCUT2D eigenvalue weighted by atomic mass is 10.0. The number of hydrogen-bond donors (Lipinski definition) is 2. The van der Waals surface area contributed by atoms with E-state index in [4.69, 9.17) is 23.2 Å². The molecule has 7 heteroatoms. The number of carbonyl (C=O) groups excluding carboxylic acids is 1. The number of rotatable bonds is 3. The number of hydrogen-bond acceptors (Lipinski definition) is 2. The van der Waals surface area contributed by atoms with Crippen LogP contribution in [0.4, 0.5) is 10.2 Å². The Balaban J connectivity index is 1.64. The first kappa shape index (κ1) is 17.5. The molecule has 2 N–H and O–H groups in total. The zero-order valence-electron chi connectivity index (χ0n) is 13.8. The summed E-state index contributed by atoms with van der Waals surface area (Å²) in [4.78, 5) is 12.5. The van der Waals surface area contributed by atoms with Crippen molar-refractivity contribution >= 4 is 45.8 Å². The molecule has 0 atom stereocenters. The van der Waals surface area contributed by atoms with Gasteiger partial charge in [-0.05, 0) is 53.6 Å². The number of nitrogens with one attached hydrogen (secondary N) is 2. The third-order valence-corrected chi connectivity index (χ3v) is 4.51. The molecule has 1 amide bonds. The van der Waals surface area contributed by atoms with Crippen molar-refractivity contribution in [3.63, 3.8) is 0 Å². The number of halogens is 3. The number of nitrogens with zero attached hydrogens (tertiary/aromatic N) is 1. The Morgan fingerprint density at radius 3 is 2.44 bits per heavy atom. The average molecular weight is 400 g/mol. The Morgan fingerprint density at radius 2 is 1.70 bits per heavy atom. The standard InChI is InChI=1S/C20H12Cl2FN3O/c21-14-6-13(7-15(22)10-14)20(27)24-19-17-5-4-12(9-18(17)25-26-19)11-2-1-3-16(23)8-11/h1-10H,(H2,24,25,26,27). The molecule has 0 bridgehead atoms. The van der Waals surface area contributed by atoms with Crippen LogP contribution >= 0.6 is 23.2 Å². The molecule has 4 nitrogen and oxygen atoms in total. The van der Waals surface area contributed by atoms with Gasteiger partial charge in [0.25, 0.3) is 5.91 Å². The van der Waals surface area contributed by atoms with Crippen LogP contribution in [-0.4, -0.2) is 16.1 Å². The van der Waals surface area contributed by atoms with Crippen molar-refractivity contribution in [1.29, 1.82) is 0 Å². The van der Waals surface area contributed by atoms with Crippen molar-refractivity contribution in [2.75, 3.05) is 5.32 Å². The Bertz CT molecular complexity index is 1150. The van der Waals surface area contributed by atoms with Gasteiger partial charge in [-0.2, -0.15) is 5.10 Å². The van der Waals surface area contributed by atoms with E-state index < -0.39 is 0 Å². The summed E-state index contributed by atoms with van der Waals surface area (Å²) in [5.41, 5.74) is 2.65. The van der Waals surface area contributed by atoms with Gasteiger partial charge in [0.05, 0.1) is 5.52 Å². The predicted octanol–water partition coefficient (Wildman–Crippen LogP) is 5.93. The Hall–Kier alpha value is -2.89. The van der Waals surface area contributed by atoms with Crippen LogP contribution in [0.1, 0.15) is 10.4 Å². The summed E-state index contributed by atoms with van der Waals surface area (Å²) in [6, 6.07) is 16.5. The molecule has 0 fully saturated rings. The van der Waals surface area contributed by atoms with Gasteiger partial charge in [0.2, 0.25) is 0 Å². The minimum Gasteiger partial charge on any atom is -0.305 e. The lowest BCUT2D eigenvalue weighted by molar-refractivity contribution is 0.102. The molecule has 1 aromatic heterocycles. The van der Waals surface area contributed by atoms with E-state index in [1.807, 2.05) is 24.3 Å². The fourth-order valence-electron chi connectivity index (χ4n) is 2.83. The fourth-order valence-corrected chi connectivity index (χ4v) is 3.35. The second kappa shape index (κ2) is 7.02. The largest absolute Gasteiger partial charge is 0.305 e. The van der Waals surface area contributed by atoms with Crippen molar-refractivity contribution in [3.05, 3.63) is 82.1 Å². The SMILES string of the molecule is O=C(Nc1n[nH]c2cc(-c3cccc(F)c3)ccc12)c1cc(Cl)cc(Cl)c1. The highest BCUT2D eigenvalue weighted by Crippen LogP contribution is 2.28. The number of amides is 1. The van der Waals surface area contributed by atoms with Crippen LogP contribution in [0.25, 0.3) is 22.0 Å². The first-order valence-corrected chi connectivity index (χ1v) is 8.77. The monoisotopic (exact) mass is 399 g/mol. The highest BCUT2D eigenvalue weighted by atomic mass is 35.5. The van der Waals surface area contributed by atoms with Gasteiger partial charge < -0.3 is 5.32 Å². The van der Waals surface area contributed by atoms with Gasteiger partial charge in [-0.15, -0.1) is 0 Å². The Labute approximate surface area is 163 Å². The van der Waals surface area contributed by atoms with Gasteiger partial charge in [-0.25, -0.2) is 4.39 Å². The Morgan fingerprint density at radius 1 is 0.963 bits per heavy atom. The minimum absolute atomic E-state index is 0.301. The van der Waals surface area contributed by atoms with Crippen LogP contribution < -0.4 is 5.32 Å². The number of benzene rings is 3. The van der Waals surface area contributed by atoms with Crippen LogP contribution in [0.5, 0.6) is 0 Å². The smallest absolute Gasteiger partial charge is 0.256 e. The minimum atomic E-state index is -0.373. The van der Waals surface area contributed by atoms with E-state index in [1.54, 1.807) is 12.1 Å². The number of fused-ring (bicyclic) bond motifs is 1. The highest BCUT2D eigenvalue weighted by Gasteiger charge is 2.13. The van der Waals surface area contributed by atoms with Gasteiger partial charge in [0.15, 0.2) is 5.82 Å². The number of aromatic amines is 1. The van der Waals surface area contributed by atoms with Gasteiger partial charge >= 0.3 is 0 Å². The summed E-state index contributed by atoms with van der Waals surface area (Å²) in [6.07, 6.45) is 0. The van der Waals surface area contributed by atoms with Crippen molar-refractivity contribution in [2.24, 2.45) is 0 Å². The maximum absolute atomic E-state index is 13.4. The molecule has 0 aliphatic heterocycles. The van der Waals surface area contributed by atoms with Crippen molar-refractivity contribution in [1.82, 2.24) is 10.2 Å². The van der Waals surface area contributed by atoms with Crippen LogP contribution in [0.15, 0.2) is 60.7 Å². The summed E-state index contributed by atoms with van der Waals surface area (Å²) in [6.45, 7) is 0. The van der Waals surface area contributed by atoms with Gasteiger partial charge in [0.1, 0.15) is 5.82 Å². The summed E-state index contributed by atoms with van der Waals surface area (Å²) >= 11 is 11.9. The summed E-state index contributed by atoms with van der Waals surface area (Å²) in [5.74, 6) is -0.288. The van der Waals surface area contributed by atoms with Crippen molar-refractivity contribution in [2.45, 2.75) is 0 Å². The molecular formula is C20H12Cl2FN3O. The van der Waals surface area contributed by atoms with E-state index >= 15 is 0 Å². The van der Waals surface area contributed by atoms with E-state index in [1.165, 1.54) is 24.3 Å². The normalized spacial score (nSPS) is 10.9. The molecule has 134 valence electrons. The van der Waals surface area contributed by atoms with E-state index in [2.05, 4.69) is 15.5 Å². The quantitative estimate of drug-likeness (QED) is 0.448. The van der Waals surface area contributed by atoms with Gasteiger partial charge in [-0.3, -0.25) is 9.89 Å². The van der Waals surface area contributed by atoms with Gasteiger partial charge in [0, 0.05) is 21.0 Å². The molecule has 0 spiro atoms. The highest BCUT2D eigenvalue weighted by molar-refractivity contribution is 6.35. The summed E-state index contributed by atoms with van der Waals surface area (Å²) in [7, 11) is 0. The molecule has 4 rings (SSSR count).